The first-order valence-electron chi connectivity index (χ1n) is 11.1. The summed E-state index contributed by atoms with van der Waals surface area (Å²) in [7, 11) is -2.38. The molecule has 2 N–H and O–H groups in total. The lowest BCUT2D eigenvalue weighted by molar-refractivity contribution is -0.134. The van der Waals surface area contributed by atoms with Crippen molar-refractivity contribution in [3.63, 3.8) is 0 Å². The summed E-state index contributed by atoms with van der Waals surface area (Å²) in [5, 5.41) is 2.59. The highest BCUT2D eigenvalue weighted by Gasteiger charge is 2.29. The Labute approximate surface area is 200 Å². The number of carbonyl (C=O) groups excluding carboxylic acids is 2. The van der Waals surface area contributed by atoms with Gasteiger partial charge < -0.3 is 19.7 Å². The Bertz CT molecular complexity index is 1100. The van der Waals surface area contributed by atoms with Gasteiger partial charge in [-0.2, -0.15) is 4.72 Å². The van der Waals surface area contributed by atoms with Crippen molar-refractivity contribution in [2.45, 2.75) is 50.3 Å². The molecule has 0 aromatic heterocycles. The van der Waals surface area contributed by atoms with Crippen LogP contribution in [0.5, 0.6) is 5.75 Å². The predicted molar refractivity (Wildman–Crippen MR) is 128 cm³/mol. The van der Waals surface area contributed by atoms with Crippen LogP contribution in [0.15, 0.2) is 53.4 Å². The van der Waals surface area contributed by atoms with Gasteiger partial charge in [0.25, 0.3) is 0 Å². The lowest BCUT2D eigenvalue weighted by atomic mass is 10.1. The van der Waals surface area contributed by atoms with Crippen molar-refractivity contribution in [1.29, 1.82) is 0 Å². The molecule has 0 bridgehead atoms. The van der Waals surface area contributed by atoms with Gasteiger partial charge in [-0.25, -0.2) is 8.42 Å². The van der Waals surface area contributed by atoms with E-state index in [1.807, 2.05) is 24.3 Å². The van der Waals surface area contributed by atoms with Crippen LogP contribution in [0.2, 0.25) is 0 Å². The number of anilines is 1. The summed E-state index contributed by atoms with van der Waals surface area (Å²) in [6.07, 6.45) is 1.70. The maximum atomic E-state index is 13.3. The molecular weight excluding hydrogens is 458 g/mol. The average molecular weight is 490 g/mol. The topological polar surface area (TPSA) is 114 Å². The number of rotatable bonds is 10. The van der Waals surface area contributed by atoms with Crippen LogP contribution in [0.1, 0.15) is 32.3 Å². The van der Waals surface area contributed by atoms with E-state index in [1.165, 1.54) is 38.1 Å². The summed E-state index contributed by atoms with van der Waals surface area (Å²) in [4.78, 5) is 26.1. The van der Waals surface area contributed by atoms with Crippen LogP contribution in [0.3, 0.4) is 0 Å². The predicted octanol–water partition coefficient (Wildman–Crippen LogP) is 2.53. The molecule has 0 radical (unpaired) electrons. The maximum Gasteiger partial charge on any atom is 0.241 e. The Hall–Kier alpha value is -2.95. The molecule has 3 rings (SSSR count). The number of benzene rings is 2. The Morgan fingerprint density at radius 1 is 1.21 bits per heavy atom. The molecular formula is C24H31N3O6S. The molecule has 10 heteroatoms. The number of methoxy groups -OCH3 is 1. The van der Waals surface area contributed by atoms with Gasteiger partial charge in [-0.3, -0.25) is 9.59 Å². The second kappa shape index (κ2) is 11.5. The monoisotopic (exact) mass is 489 g/mol. The first-order valence-corrected chi connectivity index (χ1v) is 12.6. The normalized spacial score (nSPS) is 16.6. The van der Waals surface area contributed by atoms with Crippen molar-refractivity contribution in [2.24, 2.45) is 0 Å². The molecule has 0 spiro atoms. The van der Waals surface area contributed by atoms with Crippen molar-refractivity contribution >= 4 is 27.5 Å². The first kappa shape index (κ1) is 25.7. The van der Waals surface area contributed by atoms with E-state index >= 15 is 0 Å². The lowest BCUT2D eigenvalue weighted by Crippen LogP contribution is -2.48. The number of hydrogen-bond acceptors (Lipinski definition) is 6. The maximum absolute atomic E-state index is 13.3. The molecule has 1 fully saturated rings. The third-order valence-corrected chi connectivity index (χ3v) is 7.01. The quantitative estimate of drug-likeness (QED) is 0.530. The number of carbonyl (C=O) groups is 2. The first-order chi connectivity index (χ1) is 16.2. The summed E-state index contributed by atoms with van der Waals surface area (Å²) in [6, 6.07) is 12.2. The zero-order chi connectivity index (χ0) is 24.7. The van der Waals surface area contributed by atoms with Crippen molar-refractivity contribution in [3.05, 3.63) is 54.1 Å². The van der Waals surface area contributed by atoms with Crippen LogP contribution in [-0.4, -0.2) is 57.5 Å². The third-order valence-electron chi connectivity index (χ3n) is 5.45. The van der Waals surface area contributed by atoms with E-state index in [4.69, 9.17) is 9.47 Å². The zero-order valence-electron chi connectivity index (χ0n) is 19.6. The fourth-order valence-corrected chi connectivity index (χ4v) is 5.00. The lowest BCUT2D eigenvalue weighted by Gasteiger charge is -2.28. The van der Waals surface area contributed by atoms with Crippen molar-refractivity contribution in [3.8, 4) is 5.75 Å². The molecule has 2 aromatic rings. The van der Waals surface area contributed by atoms with Gasteiger partial charge in [0.05, 0.1) is 24.2 Å². The summed E-state index contributed by atoms with van der Waals surface area (Å²) < 4.78 is 39.2. The number of nitrogens with zero attached hydrogens (tertiary/aromatic N) is 1. The van der Waals surface area contributed by atoms with Crippen molar-refractivity contribution in [1.82, 2.24) is 9.62 Å². The van der Waals surface area contributed by atoms with Gasteiger partial charge in [-0.15, -0.1) is 0 Å². The molecule has 2 aromatic carbocycles. The summed E-state index contributed by atoms with van der Waals surface area (Å²) in [5.41, 5.74) is 1.35. The molecule has 34 heavy (non-hydrogen) atoms. The highest BCUT2D eigenvalue weighted by atomic mass is 32.2. The molecule has 1 unspecified atom stereocenters. The van der Waals surface area contributed by atoms with E-state index in [2.05, 4.69) is 10.0 Å². The van der Waals surface area contributed by atoms with Crippen LogP contribution in [-0.2, 0) is 30.9 Å². The van der Waals surface area contributed by atoms with Gasteiger partial charge in [0.15, 0.2) is 0 Å². The smallest absolute Gasteiger partial charge is 0.241 e. The van der Waals surface area contributed by atoms with Gasteiger partial charge in [0, 0.05) is 32.3 Å². The Morgan fingerprint density at radius 2 is 1.94 bits per heavy atom. The average Bonchev–Trinajstić information content (AvgIpc) is 3.31. The molecule has 2 atom stereocenters. The minimum Gasteiger partial charge on any atom is -0.497 e. The molecule has 1 saturated heterocycles. The van der Waals surface area contributed by atoms with Gasteiger partial charge in [0.1, 0.15) is 5.75 Å². The van der Waals surface area contributed by atoms with Crippen LogP contribution in [0.4, 0.5) is 5.69 Å². The van der Waals surface area contributed by atoms with Gasteiger partial charge in [0.2, 0.25) is 21.8 Å². The minimum atomic E-state index is -3.96. The van der Waals surface area contributed by atoms with E-state index in [1.54, 1.807) is 12.0 Å². The molecule has 1 heterocycles. The molecule has 9 nitrogen and oxygen atoms in total. The highest BCUT2D eigenvalue weighted by Crippen LogP contribution is 2.19. The summed E-state index contributed by atoms with van der Waals surface area (Å²) in [5.74, 6) is 0.0746. The van der Waals surface area contributed by atoms with Crippen LogP contribution < -0.4 is 14.8 Å². The molecule has 0 saturated carbocycles. The van der Waals surface area contributed by atoms with Gasteiger partial charge >= 0.3 is 0 Å². The van der Waals surface area contributed by atoms with E-state index in [-0.39, 0.29) is 22.8 Å². The van der Waals surface area contributed by atoms with Crippen molar-refractivity contribution in [2.75, 3.05) is 25.6 Å². The second-order valence-electron chi connectivity index (χ2n) is 8.25. The standard InChI is InChI=1S/C24H31N3O6S/c1-17(26-34(30,31)23-11-9-20(10-12-23)25-18(2)28)24(29)27(16-22-8-5-13-33-22)15-19-6-4-7-21(14-19)32-3/h4,6-7,9-12,14,17,22,26H,5,8,13,15-16H2,1-3H3,(H,25,28)/t17-,22?/m0/s1. The van der Waals surface area contributed by atoms with Crippen LogP contribution >= 0.6 is 0 Å². The Balaban J connectivity index is 1.74. The fourth-order valence-electron chi connectivity index (χ4n) is 3.80. The summed E-state index contributed by atoms with van der Waals surface area (Å²) in [6.45, 7) is 4.22. The van der Waals surface area contributed by atoms with Gasteiger partial charge in [-0.1, -0.05) is 12.1 Å². The summed E-state index contributed by atoms with van der Waals surface area (Å²) >= 11 is 0. The third kappa shape index (κ3) is 7.02. The Kier molecular flexibility index (Phi) is 8.65. The van der Waals surface area contributed by atoms with Crippen molar-refractivity contribution < 1.29 is 27.5 Å². The highest BCUT2D eigenvalue weighted by molar-refractivity contribution is 7.89. The molecule has 2 amide bonds. The minimum absolute atomic E-state index is 0.000256. The van der Waals surface area contributed by atoms with E-state index < -0.39 is 16.1 Å². The van der Waals surface area contributed by atoms with Gasteiger partial charge in [-0.05, 0) is 61.7 Å². The van der Waals surface area contributed by atoms with Crippen LogP contribution in [0, 0.1) is 0 Å². The number of sulfonamides is 1. The van der Waals surface area contributed by atoms with E-state index in [0.717, 1.165) is 18.4 Å². The SMILES string of the molecule is COc1cccc(CN(CC2CCCO2)C(=O)[C@H](C)NS(=O)(=O)c2ccc(NC(C)=O)cc2)c1. The Morgan fingerprint density at radius 3 is 2.56 bits per heavy atom. The number of hydrogen-bond donors (Lipinski definition) is 2. The number of amides is 2. The zero-order valence-corrected chi connectivity index (χ0v) is 20.4. The second-order valence-corrected chi connectivity index (χ2v) is 9.97. The fraction of sp³-hybridized carbons (Fsp3) is 0.417. The molecule has 1 aliphatic heterocycles. The number of nitrogens with one attached hydrogen (secondary N) is 2. The van der Waals surface area contributed by atoms with Crippen LogP contribution in [0.25, 0.3) is 0 Å². The van der Waals surface area contributed by atoms with E-state index in [9.17, 15) is 18.0 Å². The molecule has 184 valence electrons. The van der Waals surface area contributed by atoms with E-state index in [0.29, 0.717) is 31.1 Å². The number of ether oxygens (including phenoxy) is 2. The molecule has 1 aliphatic rings. The molecule has 0 aliphatic carbocycles. The largest absolute Gasteiger partial charge is 0.497 e.